The summed E-state index contributed by atoms with van der Waals surface area (Å²) in [6, 6.07) is 0. The van der Waals surface area contributed by atoms with E-state index in [1.54, 1.807) is 0 Å². The fraction of sp³-hybridized carbons (Fsp3) is 0.554. The molecule has 0 aliphatic heterocycles. The van der Waals surface area contributed by atoms with E-state index in [9.17, 15) is 14.4 Å². The maximum atomic E-state index is 12.8. The van der Waals surface area contributed by atoms with Gasteiger partial charge in [-0.1, -0.05) is 219 Å². The molecule has 0 aromatic rings. The number of esters is 3. The van der Waals surface area contributed by atoms with Gasteiger partial charge in [0.15, 0.2) is 6.10 Å². The molecule has 1 unspecified atom stereocenters. The van der Waals surface area contributed by atoms with Crippen molar-refractivity contribution in [2.24, 2.45) is 0 Å². The molecule has 0 saturated carbocycles. The van der Waals surface area contributed by atoms with E-state index in [1.165, 1.54) is 38.5 Å². The second-order valence-electron chi connectivity index (χ2n) is 15.4. The minimum atomic E-state index is -0.816. The summed E-state index contributed by atoms with van der Waals surface area (Å²) in [5.74, 6) is -1.00. The molecule has 0 spiro atoms. The van der Waals surface area contributed by atoms with Gasteiger partial charge in [-0.25, -0.2) is 0 Å². The highest BCUT2D eigenvalue weighted by Crippen LogP contribution is 2.12. The lowest BCUT2D eigenvalue weighted by atomic mass is 10.1. The van der Waals surface area contributed by atoms with E-state index in [1.807, 2.05) is 72.9 Å². The van der Waals surface area contributed by atoms with Crippen molar-refractivity contribution in [2.75, 3.05) is 13.2 Å². The van der Waals surface area contributed by atoms with Crippen molar-refractivity contribution in [2.45, 2.75) is 187 Å². The molecule has 0 aliphatic rings. The van der Waals surface area contributed by atoms with Crippen LogP contribution in [0.15, 0.2) is 134 Å². The summed E-state index contributed by atoms with van der Waals surface area (Å²) >= 11 is 0. The third-order valence-electron chi connectivity index (χ3n) is 9.60. The summed E-state index contributed by atoms with van der Waals surface area (Å²) < 4.78 is 16.7. The van der Waals surface area contributed by atoms with Gasteiger partial charge in [-0.2, -0.15) is 0 Å². The number of allylic oxidation sites excluding steroid dienone is 22. The highest BCUT2D eigenvalue weighted by Gasteiger charge is 2.19. The minimum Gasteiger partial charge on any atom is -0.462 e. The predicted molar refractivity (Wildman–Crippen MR) is 265 cm³/mol. The molecule has 6 nitrogen and oxygen atoms in total. The summed E-state index contributed by atoms with van der Waals surface area (Å²) in [5, 5.41) is 0. The van der Waals surface area contributed by atoms with Gasteiger partial charge in [-0.05, 0) is 77.0 Å². The van der Waals surface area contributed by atoms with E-state index in [-0.39, 0.29) is 37.5 Å². The topological polar surface area (TPSA) is 78.9 Å². The van der Waals surface area contributed by atoms with E-state index >= 15 is 0 Å². The van der Waals surface area contributed by atoms with Gasteiger partial charge in [0.2, 0.25) is 0 Å². The Bertz CT molecular complexity index is 1400. The van der Waals surface area contributed by atoms with E-state index in [0.717, 1.165) is 96.3 Å². The average Bonchev–Trinajstić information content (AvgIpc) is 3.27. The molecule has 0 aliphatic carbocycles. The highest BCUT2D eigenvalue weighted by atomic mass is 16.6. The number of hydrogen-bond donors (Lipinski definition) is 0. The van der Waals surface area contributed by atoms with Crippen molar-refractivity contribution < 1.29 is 28.6 Å². The zero-order chi connectivity index (χ0) is 45.1. The molecule has 0 rings (SSSR count). The summed E-state index contributed by atoms with van der Waals surface area (Å²) in [7, 11) is 0. The minimum absolute atomic E-state index is 0.110. The van der Waals surface area contributed by atoms with Crippen LogP contribution in [-0.4, -0.2) is 37.2 Å². The lowest BCUT2D eigenvalue weighted by Crippen LogP contribution is -2.30. The first-order valence-corrected chi connectivity index (χ1v) is 24.3. The third kappa shape index (κ3) is 46.6. The van der Waals surface area contributed by atoms with Crippen LogP contribution >= 0.6 is 0 Å². The molecule has 1 atom stereocenters. The highest BCUT2D eigenvalue weighted by molar-refractivity contribution is 5.71. The molecule has 0 bridgehead atoms. The summed E-state index contributed by atoms with van der Waals surface area (Å²) in [5.41, 5.74) is 0. The van der Waals surface area contributed by atoms with E-state index in [4.69, 9.17) is 14.2 Å². The Kier molecular flexibility index (Phi) is 45.7. The fourth-order valence-electron chi connectivity index (χ4n) is 6.00. The largest absolute Gasteiger partial charge is 0.462 e. The fourth-order valence-corrected chi connectivity index (χ4v) is 6.00. The van der Waals surface area contributed by atoms with Gasteiger partial charge >= 0.3 is 17.9 Å². The molecule has 6 heteroatoms. The number of carbonyl (C=O) groups is 3. The summed E-state index contributed by atoms with van der Waals surface area (Å²) in [6.07, 6.45) is 68.6. The average molecular weight is 855 g/mol. The van der Waals surface area contributed by atoms with Gasteiger partial charge in [0, 0.05) is 19.3 Å². The quantitative estimate of drug-likeness (QED) is 0.0200. The van der Waals surface area contributed by atoms with Crippen molar-refractivity contribution in [3.63, 3.8) is 0 Å². The van der Waals surface area contributed by atoms with E-state index in [2.05, 4.69) is 81.5 Å². The zero-order valence-corrected chi connectivity index (χ0v) is 39.3. The third-order valence-corrected chi connectivity index (χ3v) is 9.60. The first-order chi connectivity index (χ1) is 30.5. The molecule has 346 valence electrons. The Morgan fingerprint density at radius 1 is 0.355 bits per heavy atom. The molecule has 0 aromatic carbocycles. The van der Waals surface area contributed by atoms with Crippen molar-refractivity contribution >= 4 is 17.9 Å². The molecule has 0 fully saturated rings. The predicted octanol–water partition coefficient (Wildman–Crippen LogP) is 15.9. The monoisotopic (exact) mass is 855 g/mol. The maximum Gasteiger partial charge on any atom is 0.306 e. The smallest absolute Gasteiger partial charge is 0.306 e. The SMILES string of the molecule is CC\C=C/C=C\C=C/C=C\C=C\C=C/C=C\CCCCCC(=O)OCC(COC(=O)CCCCCCCCCCC)OC(=O)CCCCC/C=C\C/C=C\C/C=C\C/C=C\CC. The maximum absolute atomic E-state index is 12.8. The van der Waals surface area contributed by atoms with Gasteiger partial charge < -0.3 is 14.2 Å². The number of hydrogen-bond acceptors (Lipinski definition) is 6. The summed E-state index contributed by atoms with van der Waals surface area (Å²) in [6.45, 7) is 6.26. The molecule has 0 saturated heterocycles. The van der Waals surface area contributed by atoms with Crippen molar-refractivity contribution in [1.82, 2.24) is 0 Å². The molecule has 62 heavy (non-hydrogen) atoms. The van der Waals surface area contributed by atoms with Crippen LogP contribution < -0.4 is 0 Å². The standard InChI is InChI=1S/C56H86O6/c1-4-7-10-13-16-19-21-23-25-27-28-29-31-32-34-37-40-43-46-49-55(58)61-52-53(51-60-54(57)48-45-42-39-36-18-15-12-9-6-3)62-56(59)50-47-44-41-38-35-33-30-26-24-22-20-17-14-11-8-5-2/h7-8,10-11,13,16-17,19-21,23-29,31-35,53H,4-6,9,12,14-15,18,22,30,36-52H2,1-3H3/b10-7-,11-8-,16-13-,20-17-,21-19-,25-23-,26-24-,28-27+,31-29-,34-32-,35-33-. The first-order valence-electron chi connectivity index (χ1n) is 24.3. The number of ether oxygens (including phenoxy) is 3. The number of unbranched alkanes of at least 4 members (excludes halogenated alkanes) is 14. The zero-order valence-electron chi connectivity index (χ0n) is 39.3. The van der Waals surface area contributed by atoms with E-state index < -0.39 is 6.10 Å². The number of rotatable bonds is 41. The Morgan fingerprint density at radius 3 is 1.18 bits per heavy atom. The molecular weight excluding hydrogens is 769 g/mol. The van der Waals surface area contributed by atoms with Crippen LogP contribution in [0.25, 0.3) is 0 Å². The van der Waals surface area contributed by atoms with Crippen molar-refractivity contribution in [3.05, 3.63) is 134 Å². The van der Waals surface area contributed by atoms with Gasteiger partial charge in [-0.3, -0.25) is 14.4 Å². The normalized spacial score (nSPS) is 13.3. The van der Waals surface area contributed by atoms with E-state index in [0.29, 0.717) is 19.3 Å². The lowest BCUT2D eigenvalue weighted by molar-refractivity contribution is -0.167. The molecule has 0 amide bonds. The van der Waals surface area contributed by atoms with Gasteiger partial charge in [-0.15, -0.1) is 0 Å². The van der Waals surface area contributed by atoms with Crippen LogP contribution in [0.3, 0.4) is 0 Å². The molecular formula is C56H86O6. The first kappa shape index (κ1) is 57.5. The Morgan fingerprint density at radius 2 is 0.710 bits per heavy atom. The van der Waals surface area contributed by atoms with Crippen LogP contribution in [0.1, 0.15) is 181 Å². The molecule has 0 heterocycles. The second-order valence-corrected chi connectivity index (χ2v) is 15.4. The van der Waals surface area contributed by atoms with Crippen LogP contribution in [0.4, 0.5) is 0 Å². The Hall–Kier alpha value is -4.45. The Labute approximate surface area is 379 Å². The van der Waals surface area contributed by atoms with Gasteiger partial charge in [0.1, 0.15) is 13.2 Å². The Balaban J connectivity index is 4.54. The molecule has 0 N–H and O–H groups in total. The lowest BCUT2D eigenvalue weighted by Gasteiger charge is -2.18. The van der Waals surface area contributed by atoms with Crippen LogP contribution in [0.5, 0.6) is 0 Å². The number of carbonyl (C=O) groups excluding carboxylic acids is 3. The second kappa shape index (κ2) is 49.2. The van der Waals surface area contributed by atoms with Crippen LogP contribution in [-0.2, 0) is 28.6 Å². The molecule has 0 aromatic heterocycles. The van der Waals surface area contributed by atoms with Crippen molar-refractivity contribution in [3.8, 4) is 0 Å². The van der Waals surface area contributed by atoms with Crippen molar-refractivity contribution in [1.29, 1.82) is 0 Å². The van der Waals surface area contributed by atoms with Gasteiger partial charge in [0.05, 0.1) is 0 Å². The van der Waals surface area contributed by atoms with Crippen LogP contribution in [0.2, 0.25) is 0 Å². The van der Waals surface area contributed by atoms with Gasteiger partial charge in [0.25, 0.3) is 0 Å². The van der Waals surface area contributed by atoms with Crippen LogP contribution in [0, 0.1) is 0 Å². The summed E-state index contributed by atoms with van der Waals surface area (Å²) in [4.78, 5) is 37.8. The molecule has 0 radical (unpaired) electrons.